The lowest BCUT2D eigenvalue weighted by atomic mass is 10.0. The third-order valence-corrected chi connectivity index (χ3v) is 6.33. The van der Waals surface area contributed by atoms with Gasteiger partial charge in [0.15, 0.2) is 5.78 Å². The number of thioether (sulfide) groups is 1. The van der Waals surface area contributed by atoms with E-state index in [-0.39, 0.29) is 24.6 Å². The van der Waals surface area contributed by atoms with Crippen LogP contribution in [0.1, 0.15) is 18.9 Å². The van der Waals surface area contributed by atoms with Crippen LogP contribution in [-0.4, -0.2) is 29.1 Å². The first-order chi connectivity index (χ1) is 13.6. The number of thiophene rings is 2. The lowest BCUT2D eigenvalue weighted by Crippen LogP contribution is -2.13. The molecule has 0 bridgehead atoms. The third-order valence-electron chi connectivity index (χ3n) is 3.72. The minimum absolute atomic E-state index is 0.0530. The predicted molar refractivity (Wildman–Crippen MR) is 113 cm³/mol. The van der Waals surface area contributed by atoms with E-state index in [1.54, 1.807) is 29.6 Å². The first-order valence-corrected chi connectivity index (χ1v) is 11.2. The molecular weight excluding hydrogens is 412 g/mol. The van der Waals surface area contributed by atoms with Gasteiger partial charge in [-0.25, -0.2) is 4.98 Å². The summed E-state index contributed by atoms with van der Waals surface area (Å²) in [7, 11) is 0. The third kappa shape index (κ3) is 4.87. The standard InChI is InChI=1S/C20H16N2O3S3/c1-2-25-19(24)8-14(23)12-28-20-16(10-21)15(13-5-7-26-11-13)9-17(22-20)18-4-3-6-27-18/h3-7,9,11H,2,8,12H2,1H3. The molecule has 0 aliphatic carbocycles. The van der Waals surface area contributed by atoms with Crippen molar-refractivity contribution in [2.24, 2.45) is 0 Å². The number of carbonyl (C=O) groups is 2. The Kier molecular flexibility index (Phi) is 6.98. The topological polar surface area (TPSA) is 80.1 Å². The van der Waals surface area contributed by atoms with Crippen molar-refractivity contribution < 1.29 is 14.3 Å². The van der Waals surface area contributed by atoms with Crippen LogP contribution in [0.2, 0.25) is 0 Å². The molecule has 8 heteroatoms. The zero-order valence-corrected chi connectivity index (χ0v) is 17.5. The van der Waals surface area contributed by atoms with Crippen LogP contribution in [0.5, 0.6) is 0 Å². The van der Waals surface area contributed by atoms with E-state index in [9.17, 15) is 14.9 Å². The van der Waals surface area contributed by atoms with Crippen LogP contribution in [0.4, 0.5) is 0 Å². The monoisotopic (exact) mass is 428 g/mol. The number of pyridine rings is 1. The molecule has 0 saturated carbocycles. The Hall–Kier alpha value is -2.47. The van der Waals surface area contributed by atoms with Gasteiger partial charge in [0.05, 0.1) is 28.5 Å². The highest BCUT2D eigenvalue weighted by Crippen LogP contribution is 2.36. The molecule has 142 valence electrons. The largest absolute Gasteiger partial charge is 0.466 e. The van der Waals surface area contributed by atoms with Gasteiger partial charge in [-0.05, 0) is 46.8 Å². The summed E-state index contributed by atoms with van der Waals surface area (Å²) in [5.74, 6) is -0.738. The van der Waals surface area contributed by atoms with E-state index >= 15 is 0 Å². The van der Waals surface area contributed by atoms with Crippen molar-refractivity contribution in [1.82, 2.24) is 4.98 Å². The molecule has 0 unspecified atom stereocenters. The van der Waals surface area contributed by atoms with Crippen LogP contribution >= 0.6 is 34.4 Å². The number of aromatic nitrogens is 1. The number of esters is 1. The van der Waals surface area contributed by atoms with Crippen molar-refractivity contribution in [3.8, 4) is 27.8 Å². The highest BCUT2D eigenvalue weighted by atomic mass is 32.2. The number of carbonyl (C=O) groups excluding carboxylic acids is 2. The number of ketones is 1. The molecule has 0 aromatic carbocycles. The lowest BCUT2D eigenvalue weighted by molar-refractivity contribution is -0.145. The van der Waals surface area contributed by atoms with Crippen molar-refractivity contribution >= 4 is 46.2 Å². The van der Waals surface area contributed by atoms with Crippen LogP contribution in [0, 0.1) is 11.3 Å². The lowest BCUT2D eigenvalue weighted by Gasteiger charge is -2.10. The second-order valence-electron chi connectivity index (χ2n) is 5.65. The molecule has 3 rings (SSSR count). The van der Waals surface area contributed by atoms with Gasteiger partial charge in [0.25, 0.3) is 0 Å². The fourth-order valence-electron chi connectivity index (χ4n) is 2.50. The van der Waals surface area contributed by atoms with Gasteiger partial charge in [0.1, 0.15) is 17.5 Å². The quantitative estimate of drug-likeness (QED) is 0.285. The maximum atomic E-state index is 12.1. The van der Waals surface area contributed by atoms with Gasteiger partial charge in [0.2, 0.25) is 0 Å². The molecule has 3 aromatic rings. The number of ether oxygens (including phenoxy) is 1. The minimum atomic E-state index is -0.534. The summed E-state index contributed by atoms with van der Waals surface area (Å²) in [6.45, 7) is 1.94. The van der Waals surface area contributed by atoms with Gasteiger partial charge in [0, 0.05) is 5.56 Å². The predicted octanol–water partition coefficient (Wildman–Crippen LogP) is 5.02. The second kappa shape index (κ2) is 9.64. The summed E-state index contributed by atoms with van der Waals surface area (Å²) in [5.41, 5.74) is 2.94. The zero-order valence-electron chi connectivity index (χ0n) is 15.0. The van der Waals surface area contributed by atoms with Crippen molar-refractivity contribution in [3.63, 3.8) is 0 Å². The van der Waals surface area contributed by atoms with E-state index < -0.39 is 5.97 Å². The van der Waals surface area contributed by atoms with Gasteiger partial charge >= 0.3 is 5.97 Å². The van der Waals surface area contributed by atoms with Gasteiger partial charge in [-0.1, -0.05) is 17.8 Å². The van der Waals surface area contributed by atoms with Crippen molar-refractivity contribution in [2.45, 2.75) is 18.4 Å². The number of nitrogens with zero attached hydrogens (tertiary/aromatic N) is 2. The molecule has 3 heterocycles. The first kappa shape index (κ1) is 20.3. The summed E-state index contributed by atoms with van der Waals surface area (Å²) >= 11 is 4.29. The zero-order chi connectivity index (χ0) is 19.9. The van der Waals surface area contributed by atoms with E-state index in [2.05, 4.69) is 11.1 Å². The molecule has 0 spiro atoms. The average Bonchev–Trinajstić information content (AvgIpc) is 3.39. The molecule has 0 saturated heterocycles. The molecule has 0 aliphatic rings. The Labute approximate surface area is 175 Å². The van der Waals surface area contributed by atoms with E-state index in [1.807, 2.05) is 40.4 Å². The molecule has 0 atom stereocenters. The maximum absolute atomic E-state index is 12.1. The molecular formula is C20H16N2O3S3. The Morgan fingerprint density at radius 3 is 2.82 bits per heavy atom. The maximum Gasteiger partial charge on any atom is 0.313 e. The molecule has 5 nitrogen and oxygen atoms in total. The van der Waals surface area contributed by atoms with Crippen LogP contribution in [0.3, 0.4) is 0 Å². The fourth-order valence-corrected chi connectivity index (χ4v) is 4.71. The Bertz CT molecular complexity index is 1010. The Morgan fingerprint density at radius 1 is 1.32 bits per heavy atom. The summed E-state index contributed by atoms with van der Waals surface area (Å²) < 4.78 is 4.81. The average molecular weight is 429 g/mol. The summed E-state index contributed by atoms with van der Waals surface area (Å²) in [6.07, 6.45) is -0.273. The van der Waals surface area contributed by atoms with E-state index in [0.717, 1.165) is 21.7 Å². The van der Waals surface area contributed by atoms with Gasteiger partial charge in [-0.2, -0.15) is 16.6 Å². The molecule has 0 radical (unpaired) electrons. The van der Waals surface area contributed by atoms with E-state index in [4.69, 9.17) is 4.74 Å². The Morgan fingerprint density at radius 2 is 2.18 bits per heavy atom. The van der Waals surface area contributed by atoms with E-state index in [0.29, 0.717) is 10.6 Å². The first-order valence-electron chi connectivity index (χ1n) is 8.44. The van der Waals surface area contributed by atoms with E-state index in [1.165, 1.54) is 11.8 Å². The SMILES string of the molecule is CCOC(=O)CC(=O)CSc1nc(-c2cccs2)cc(-c2ccsc2)c1C#N. The number of Topliss-reactive ketones (excluding diaryl/α,β-unsaturated/α-hetero) is 1. The van der Waals surface area contributed by atoms with Crippen LogP contribution < -0.4 is 0 Å². The molecule has 0 aliphatic heterocycles. The number of rotatable bonds is 8. The van der Waals surface area contributed by atoms with Crippen molar-refractivity contribution in [3.05, 3.63) is 46.0 Å². The molecule has 0 amide bonds. The molecule has 0 N–H and O–H groups in total. The summed E-state index contributed by atoms with van der Waals surface area (Å²) in [5, 5.41) is 16.1. The minimum Gasteiger partial charge on any atom is -0.466 e. The van der Waals surface area contributed by atoms with Crippen molar-refractivity contribution in [2.75, 3.05) is 12.4 Å². The summed E-state index contributed by atoms with van der Waals surface area (Å²) in [4.78, 5) is 29.2. The highest BCUT2D eigenvalue weighted by Gasteiger charge is 2.18. The normalized spacial score (nSPS) is 10.4. The number of hydrogen-bond acceptors (Lipinski definition) is 8. The summed E-state index contributed by atoms with van der Waals surface area (Å²) in [6, 6.07) is 10.0. The van der Waals surface area contributed by atoms with Crippen LogP contribution in [-0.2, 0) is 14.3 Å². The molecule has 0 fully saturated rings. The van der Waals surface area contributed by atoms with Crippen molar-refractivity contribution in [1.29, 1.82) is 5.26 Å². The molecule has 28 heavy (non-hydrogen) atoms. The highest BCUT2D eigenvalue weighted by molar-refractivity contribution is 8.00. The van der Waals surface area contributed by atoms with Gasteiger partial charge in [-0.3, -0.25) is 9.59 Å². The van der Waals surface area contributed by atoms with Crippen LogP contribution in [0.25, 0.3) is 21.7 Å². The van der Waals surface area contributed by atoms with Gasteiger partial charge in [-0.15, -0.1) is 11.3 Å². The van der Waals surface area contributed by atoms with Crippen LogP contribution in [0.15, 0.2) is 45.4 Å². The second-order valence-corrected chi connectivity index (χ2v) is 8.34. The molecule has 3 aromatic heterocycles. The fraction of sp³-hybridized carbons (Fsp3) is 0.200. The number of nitriles is 1. The smallest absolute Gasteiger partial charge is 0.313 e. The number of hydrogen-bond donors (Lipinski definition) is 0. The van der Waals surface area contributed by atoms with Gasteiger partial charge < -0.3 is 4.74 Å². The Balaban J connectivity index is 1.92.